The highest BCUT2D eigenvalue weighted by molar-refractivity contribution is 5.38. The molecule has 0 aliphatic carbocycles. The Bertz CT molecular complexity index is 386. The predicted molar refractivity (Wildman–Crippen MR) is 75.0 cm³/mol. The van der Waals surface area contributed by atoms with Crippen molar-refractivity contribution in [3.05, 3.63) is 29.3 Å². The lowest BCUT2D eigenvalue weighted by molar-refractivity contribution is 0.0557. The van der Waals surface area contributed by atoms with Gasteiger partial charge in [0.1, 0.15) is 5.75 Å². The number of methoxy groups -OCH3 is 1. The summed E-state index contributed by atoms with van der Waals surface area (Å²) in [7, 11) is 1.65. The Morgan fingerprint density at radius 3 is 2.56 bits per heavy atom. The molecule has 0 amide bonds. The maximum atomic E-state index is 10.5. The van der Waals surface area contributed by atoms with Gasteiger partial charge in [0.15, 0.2) is 0 Å². The smallest absolute Gasteiger partial charge is 0.119 e. The number of hydrogen-bond donors (Lipinski definition) is 2. The highest BCUT2D eigenvalue weighted by Gasteiger charge is 2.24. The summed E-state index contributed by atoms with van der Waals surface area (Å²) in [5.74, 6) is 1.40. The zero-order valence-corrected chi connectivity index (χ0v) is 12.1. The third-order valence-electron chi connectivity index (χ3n) is 3.04. The summed E-state index contributed by atoms with van der Waals surface area (Å²) in [4.78, 5) is 0. The lowest BCUT2D eigenvalue weighted by Crippen LogP contribution is -2.37. The van der Waals surface area contributed by atoms with Crippen LogP contribution in [0, 0.1) is 12.8 Å². The van der Waals surface area contributed by atoms with Gasteiger partial charge in [0.2, 0.25) is 0 Å². The molecule has 2 N–H and O–H groups in total. The normalized spacial score (nSPS) is 14.6. The Morgan fingerprint density at radius 2 is 2.06 bits per heavy atom. The van der Waals surface area contributed by atoms with Crippen LogP contribution in [0.2, 0.25) is 0 Å². The first-order valence-electron chi connectivity index (χ1n) is 6.45. The first-order valence-corrected chi connectivity index (χ1v) is 6.45. The third-order valence-corrected chi connectivity index (χ3v) is 3.04. The van der Waals surface area contributed by atoms with Crippen LogP contribution in [0.1, 0.15) is 31.9 Å². The zero-order chi connectivity index (χ0) is 13.8. The fourth-order valence-corrected chi connectivity index (χ4v) is 2.07. The maximum Gasteiger partial charge on any atom is 0.119 e. The number of hydrogen-bond acceptors (Lipinski definition) is 3. The molecular formula is C15H25NO2. The molecule has 0 aromatic heterocycles. The van der Waals surface area contributed by atoms with E-state index in [4.69, 9.17) is 4.74 Å². The Morgan fingerprint density at radius 1 is 1.39 bits per heavy atom. The van der Waals surface area contributed by atoms with E-state index in [0.29, 0.717) is 12.5 Å². The molecule has 1 aromatic rings. The zero-order valence-electron chi connectivity index (χ0n) is 12.1. The van der Waals surface area contributed by atoms with Gasteiger partial charge in [-0.05, 0) is 49.6 Å². The molecule has 102 valence electrons. The summed E-state index contributed by atoms with van der Waals surface area (Å²) in [6.07, 6.45) is 0. The van der Waals surface area contributed by atoms with Crippen molar-refractivity contribution in [2.75, 3.05) is 20.2 Å². The average Bonchev–Trinajstić information content (AvgIpc) is 2.27. The minimum Gasteiger partial charge on any atom is -0.497 e. The van der Waals surface area contributed by atoms with Crippen molar-refractivity contribution in [3.63, 3.8) is 0 Å². The number of nitrogens with one attached hydrogen (secondary N) is 1. The molecule has 1 rings (SSSR count). The summed E-state index contributed by atoms with van der Waals surface area (Å²) < 4.78 is 5.18. The van der Waals surface area contributed by atoms with Crippen molar-refractivity contribution in [3.8, 4) is 5.75 Å². The van der Waals surface area contributed by atoms with Gasteiger partial charge in [-0.25, -0.2) is 0 Å². The summed E-state index contributed by atoms with van der Waals surface area (Å²) in [5.41, 5.74) is 1.14. The molecule has 3 heteroatoms. The van der Waals surface area contributed by atoms with Crippen molar-refractivity contribution in [1.82, 2.24) is 5.32 Å². The highest BCUT2D eigenvalue weighted by atomic mass is 16.5. The van der Waals surface area contributed by atoms with Crippen molar-refractivity contribution >= 4 is 0 Å². The Hall–Kier alpha value is -1.06. The minimum atomic E-state index is -0.856. The first kappa shape index (κ1) is 15.0. The molecular weight excluding hydrogens is 226 g/mol. The number of aliphatic hydroxyl groups is 1. The van der Waals surface area contributed by atoms with Crippen LogP contribution in [0.15, 0.2) is 18.2 Å². The molecule has 3 nitrogen and oxygen atoms in total. The van der Waals surface area contributed by atoms with Crippen LogP contribution in [-0.4, -0.2) is 25.3 Å². The molecule has 1 aromatic carbocycles. The average molecular weight is 251 g/mol. The lowest BCUT2D eigenvalue weighted by Gasteiger charge is -2.27. The lowest BCUT2D eigenvalue weighted by atomic mass is 9.91. The summed E-state index contributed by atoms with van der Waals surface area (Å²) in [5, 5.41) is 13.8. The van der Waals surface area contributed by atoms with Crippen molar-refractivity contribution in [2.24, 2.45) is 5.92 Å². The number of benzene rings is 1. The molecule has 0 spiro atoms. The van der Waals surface area contributed by atoms with Gasteiger partial charge in [-0.3, -0.25) is 0 Å². The van der Waals surface area contributed by atoms with E-state index in [2.05, 4.69) is 19.2 Å². The molecule has 0 bridgehead atoms. The van der Waals surface area contributed by atoms with Gasteiger partial charge in [0.25, 0.3) is 0 Å². The highest BCUT2D eigenvalue weighted by Crippen LogP contribution is 2.26. The molecule has 0 radical (unpaired) electrons. The summed E-state index contributed by atoms with van der Waals surface area (Å²) in [6, 6.07) is 5.77. The molecule has 0 heterocycles. The Balaban J connectivity index is 2.77. The van der Waals surface area contributed by atoms with Gasteiger partial charge >= 0.3 is 0 Å². The number of ether oxygens (including phenoxy) is 1. The summed E-state index contributed by atoms with van der Waals surface area (Å²) in [6.45, 7) is 9.61. The van der Waals surface area contributed by atoms with Crippen LogP contribution < -0.4 is 10.1 Å². The van der Waals surface area contributed by atoms with Crippen LogP contribution in [0.3, 0.4) is 0 Å². The van der Waals surface area contributed by atoms with Gasteiger partial charge in [0.05, 0.1) is 12.7 Å². The van der Waals surface area contributed by atoms with E-state index in [-0.39, 0.29) is 0 Å². The van der Waals surface area contributed by atoms with Crippen LogP contribution >= 0.6 is 0 Å². The molecule has 18 heavy (non-hydrogen) atoms. The maximum absolute atomic E-state index is 10.5. The molecule has 0 saturated heterocycles. The monoisotopic (exact) mass is 251 g/mol. The molecule has 0 saturated carbocycles. The van der Waals surface area contributed by atoms with E-state index in [1.807, 2.05) is 32.0 Å². The van der Waals surface area contributed by atoms with E-state index < -0.39 is 5.60 Å². The Labute approximate surface area is 110 Å². The van der Waals surface area contributed by atoms with Crippen molar-refractivity contribution in [2.45, 2.75) is 33.3 Å². The largest absolute Gasteiger partial charge is 0.497 e. The van der Waals surface area contributed by atoms with Gasteiger partial charge in [-0.15, -0.1) is 0 Å². The molecule has 0 aliphatic heterocycles. The van der Waals surface area contributed by atoms with E-state index in [9.17, 15) is 5.11 Å². The predicted octanol–water partition coefficient (Wildman–Crippen LogP) is 2.46. The second-order valence-electron chi connectivity index (χ2n) is 5.48. The van der Waals surface area contributed by atoms with E-state index >= 15 is 0 Å². The summed E-state index contributed by atoms with van der Waals surface area (Å²) >= 11 is 0. The molecule has 1 atom stereocenters. The van der Waals surface area contributed by atoms with Crippen LogP contribution in [-0.2, 0) is 5.60 Å². The van der Waals surface area contributed by atoms with E-state index in [0.717, 1.165) is 23.4 Å². The minimum absolute atomic E-state index is 0.554. The third kappa shape index (κ3) is 4.00. The number of rotatable bonds is 6. The van der Waals surface area contributed by atoms with Crippen LogP contribution in [0.25, 0.3) is 0 Å². The second-order valence-corrected chi connectivity index (χ2v) is 5.48. The van der Waals surface area contributed by atoms with E-state index in [1.165, 1.54) is 0 Å². The molecule has 0 aliphatic rings. The fraction of sp³-hybridized carbons (Fsp3) is 0.600. The van der Waals surface area contributed by atoms with E-state index in [1.54, 1.807) is 7.11 Å². The quantitative estimate of drug-likeness (QED) is 0.816. The van der Waals surface area contributed by atoms with Gasteiger partial charge in [-0.1, -0.05) is 19.9 Å². The first-order chi connectivity index (χ1) is 8.36. The van der Waals surface area contributed by atoms with Crippen molar-refractivity contribution < 1.29 is 9.84 Å². The SMILES string of the molecule is COc1ccc(C(C)(O)CNCC(C)C)c(C)c1. The molecule has 1 unspecified atom stereocenters. The van der Waals surface area contributed by atoms with Crippen molar-refractivity contribution in [1.29, 1.82) is 0 Å². The van der Waals surface area contributed by atoms with Crippen LogP contribution in [0.5, 0.6) is 5.75 Å². The van der Waals surface area contributed by atoms with Gasteiger partial charge in [0, 0.05) is 6.54 Å². The second kappa shape index (κ2) is 6.21. The fourth-order valence-electron chi connectivity index (χ4n) is 2.07. The number of aryl methyl sites for hydroxylation is 1. The molecule has 0 fully saturated rings. The van der Waals surface area contributed by atoms with Gasteiger partial charge in [-0.2, -0.15) is 0 Å². The Kier molecular flexibility index (Phi) is 5.17. The topological polar surface area (TPSA) is 41.5 Å². The standard InChI is InChI=1S/C15H25NO2/c1-11(2)9-16-10-15(4,17)14-7-6-13(18-5)8-12(14)3/h6-8,11,16-17H,9-10H2,1-5H3. The van der Waals surface area contributed by atoms with Gasteiger partial charge < -0.3 is 15.2 Å². The van der Waals surface area contributed by atoms with Crippen LogP contribution in [0.4, 0.5) is 0 Å².